The summed E-state index contributed by atoms with van der Waals surface area (Å²) in [5.74, 6) is -1.56. The molecule has 0 aliphatic rings. The summed E-state index contributed by atoms with van der Waals surface area (Å²) in [6.07, 6.45) is 0. The first-order chi connectivity index (χ1) is 15.7. The summed E-state index contributed by atoms with van der Waals surface area (Å²) < 4.78 is 11.1. The van der Waals surface area contributed by atoms with Crippen LogP contribution in [0.4, 0.5) is 0 Å². The van der Waals surface area contributed by atoms with Crippen molar-refractivity contribution in [2.75, 3.05) is 0 Å². The van der Waals surface area contributed by atoms with E-state index in [1.54, 1.807) is 90.1 Å². The van der Waals surface area contributed by atoms with Gasteiger partial charge in [-0.25, -0.2) is 19.6 Å². The van der Waals surface area contributed by atoms with Crippen LogP contribution in [-0.4, -0.2) is 33.1 Å². The predicted octanol–water partition coefficient (Wildman–Crippen LogP) is 7.03. The molecule has 0 aliphatic heterocycles. The molecule has 8 heteroatoms. The average Bonchev–Trinajstić information content (AvgIpc) is 2.71. The monoisotopic (exact) mass is 500 g/mol. The van der Waals surface area contributed by atoms with Gasteiger partial charge in [0, 0.05) is 21.2 Å². The van der Waals surface area contributed by atoms with E-state index in [1.807, 2.05) is 0 Å². The summed E-state index contributed by atoms with van der Waals surface area (Å²) in [6.45, 7) is 10.4. The van der Waals surface area contributed by atoms with Gasteiger partial charge >= 0.3 is 11.9 Å². The van der Waals surface area contributed by atoms with E-state index in [0.717, 1.165) is 0 Å². The molecule has 3 rings (SSSR count). The van der Waals surface area contributed by atoms with Gasteiger partial charge in [0.15, 0.2) is 11.4 Å². The quantitative estimate of drug-likeness (QED) is 0.357. The number of aromatic nitrogens is 2. The Bertz CT molecular complexity index is 1110. The summed E-state index contributed by atoms with van der Waals surface area (Å²) in [6, 6.07) is 13.9. The van der Waals surface area contributed by atoms with Gasteiger partial charge in [0.25, 0.3) is 0 Å². The Morgan fingerprint density at radius 1 is 0.618 bits per heavy atom. The van der Waals surface area contributed by atoms with Crippen LogP contribution in [0.25, 0.3) is 22.5 Å². The summed E-state index contributed by atoms with van der Waals surface area (Å²) in [7, 11) is 0. The van der Waals surface area contributed by atoms with Gasteiger partial charge in [0.2, 0.25) is 0 Å². The van der Waals surface area contributed by atoms with Crippen LogP contribution >= 0.6 is 23.2 Å². The number of rotatable bonds is 4. The molecule has 0 spiro atoms. The van der Waals surface area contributed by atoms with Gasteiger partial charge in [-0.05, 0) is 65.8 Å². The third-order valence-electron chi connectivity index (χ3n) is 4.32. The van der Waals surface area contributed by atoms with Crippen molar-refractivity contribution in [3.63, 3.8) is 0 Å². The molecule has 3 aromatic rings. The van der Waals surface area contributed by atoms with Crippen molar-refractivity contribution >= 4 is 35.1 Å². The van der Waals surface area contributed by atoms with Crippen LogP contribution < -0.4 is 0 Å². The van der Waals surface area contributed by atoms with Crippen LogP contribution in [0.5, 0.6) is 0 Å². The Hall–Kier alpha value is -2.96. The molecule has 34 heavy (non-hydrogen) atoms. The maximum atomic E-state index is 13.1. The SMILES string of the molecule is CC(C)(C)OC(=O)c1nc(-c2ccc(Cl)cc2)c(-c2ccc(Cl)cc2)nc1C(=O)OC(C)(C)C. The smallest absolute Gasteiger partial charge is 0.360 e. The van der Waals surface area contributed by atoms with Crippen molar-refractivity contribution in [3.05, 3.63) is 70.0 Å². The van der Waals surface area contributed by atoms with Crippen molar-refractivity contribution in [2.45, 2.75) is 52.7 Å². The number of carbonyl (C=O) groups excluding carboxylic acids is 2. The lowest BCUT2D eigenvalue weighted by molar-refractivity contribution is 0.000828. The van der Waals surface area contributed by atoms with Crippen LogP contribution in [-0.2, 0) is 9.47 Å². The van der Waals surface area contributed by atoms with Gasteiger partial charge in [-0.15, -0.1) is 0 Å². The molecule has 0 saturated heterocycles. The van der Waals surface area contributed by atoms with Gasteiger partial charge in [0.05, 0.1) is 11.4 Å². The molecule has 178 valence electrons. The molecule has 0 unspecified atom stereocenters. The topological polar surface area (TPSA) is 78.4 Å². The molecule has 0 atom stereocenters. The van der Waals surface area contributed by atoms with Crippen LogP contribution in [0.3, 0.4) is 0 Å². The summed E-state index contributed by atoms with van der Waals surface area (Å²) in [5, 5.41) is 1.09. The Morgan fingerprint density at radius 3 is 1.18 bits per heavy atom. The standard InChI is InChI=1S/C26H26Cl2N2O4/c1-25(2,3)33-23(31)21-22(24(32)34-26(4,5)6)30-20(16-9-13-18(28)14-10-16)19(29-21)15-7-11-17(27)12-8-15/h7-14H,1-6H3. The second kappa shape index (κ2) is 9.72. The summed E-state index contributed by atoms with van der Waals surface area (Å²) >= 11 is 12.1. The number of nitrogens with zero attached hydrogens (tertiary/aromatic N) is 2. The van der Waals surface area contributed by atoms with Crippen LogP contribution in [0, 0.1) is 0 Å². The van der Waals surface area contributed by atoms with E-state index in [1.165, 1.54) is 0 Å². The van der Waals surface area contributed by atoms with Crippen LogP contribution in [0.2, 0.25) is 10.0 Å². The highest BCUT2D eigenvalue weighted by atomic mass is 35.5. The number of halogens is 2. The van der Waals surface area contributed by atoms with Gasteiger partial charge < -0.3 is 9.47 Å². The molecule has 0 saturated carbocycles. The van der Waals surface area contributed by atoms with Crippen LogP contribution in [0.15, 0.2) is 48.5 Å². The lowest BCUT2D eigenvalue weighted by Gasteiger charge is -2.22. The fourth-order valence-electron chi connectivity index (χ4n) is 2.99. The number of carbonyl (C=O) groups is 2. The third kappa shape index (κ3) is 6.55. The third-order valence-corrected chi connectivity index (χ3v) is 4.82. The highest BCUT2D eigenvalue weighted by molar-refractivity contribution is 6.31. The molecular formula is C26H26Cl2N2O4. The van der Waals surface area contributed by atoms with E-state index >= 15 is 0 Å². The molecule has 0 radical (unpaired) electrons. The molecule has 1 aromatic heterocycles. The van der Waals surface area contributed by atoms with E-state index in [9.17, 15) is 9.59 Å². The molecule has 0 amide bonds. The molecule has 0 bridgehead atoms. The van der Waals surface area contributed by atoms with Gasteiger partial charge in [0.1, 0.15) is 11.2 Å². The fourth-order valence-corrected chi connectivity index (χ4v) is 3.24. The van der Waals surface area contributed by atoms with Gasteiger partial charge in [-0.2, -0.15) is 0 Å². The maximum absolute atomic E-state index is 13.1. The number of ether oxygens (including phenoxy) is 2. The van der Waals surface area contributed by atoms with Crippen molar-refractivity contribution in [1.29, 1.82) is 0 Å². The summed E-state index contributed by atoms with van der Waals surface area (Å²) in [4.78, 5) is 35.4. The zero-order chi connectivity index (χ0) is 25.3. The Kier molecular flexibility index (Phi) is 7.34. The highest BCUT2D eigenvalue weighted by Crippen LogP contribution is 2.32. The summed E-state index contributed by atoms with van der Waals surface area (Å²) in [5.41, 5.74) is 0.00109. The molecular weight excluding hydrogens is 475 g/mol. The minimum absolute atomic E-state index is 0.230. The Balaban J connectivity index is 2.31. The first kappa shape index (κ1) is 25.7. The molecule has 0 aliphatic carbocycles. The second-order valence-corrected chi connectivity index (χ2v) is 10.5. The highest BCUT2D eigenvalue weighted by Gasteiger charge is 2.31. The van der Waals surface area contributed by atoms with Crippen molar-refractivity contribution in [2.24, 2.45) is 0 Å². The second-order valence-electron chi connectivity index (χ2n) is 9.64. The lowest BCUT2D eigenvalue weighted by Crippen LogP contribution is -2.29. The number of benzene rings is 2. The fraction of sp³-hybridized carbons (Fsp3) is 0.308. The zero-order valence-electron chi connectivity index (χ0n) is 19.9. The minimum atomic E-state index is -0.806. The molecule has 0 N–H and O–H groups in total. The number of esters is 2. The van der Waals surface area contributed by atoms with Gasteiger partial charge in [-0.3, -0.25) is 0 Å². The van der Waals surface area contributed by atoms with Crippen LogP contribution in [0.1, 0.15) is 62.5 Å². The maximum Gasteiger partial charge on any atom is 0.360 e. The number of hydrogen-bond acceptors (Lipinski definition) is 6. The van der Waals surface area contributed by atoms with Crippen molar-refractivity contribution in [3.8, 4) is 22.5 Å². The van der Waals surface area contributed by atoms with Crippen molar-refractivity contribution < 1.29 is 19.1 Å². The minimum Gasteiger partial charge on any atom is -0.455 e. The first-order valence-corrected chi connectivity index (χ1v) is 11.4. The Labute approximate surface area is 209 Å². The zero-order valence-corrected chi connectivity index (χ0v) is 21.4. The molecule has 0 fully saturated rings. The average molecular weight is 501 g/mol. The van der Waals surface area contributed by atoms with E-state index in [-0.39, 0.29) is 11.4 Å². The van der Waals surface area contributed by atoms with E-state index < -0.39 is 23.1 Å². The molecule has 6 nitrogen and oxygen atoms in total. The van der Waals surface area contributed by atoms with E-state index in [4.69, 9.17) is 32.7 Å². The first-order valence-electron chi connectivity index (χ1n) is 10.6. The number of hydrogen-bond donors (Lipinski definition) is 0. The Morgan fingerprint density at radius 2 is 0.912 bits per heavy atom. The largest absolute Gasteiger partial charge is 0.455 e. The van der Waals surface area contributed by atoms with E-state index in [2.05, 4.69) is 9.97 Å². The molecule has 2 aromatic carbocycles. The van der Waals surface area contributed by atoms with E-state index in [0.29, 0.717) is 32.6 Å². The normalized spacial score (nSPS) is 11.8. The van der Waals surface area contributed by atoms with Crippen molar-refractivity contribution in [1.82, 2.24) is 9.97 Å². The van der Waals surface area contributed by atoms with Gasteiger partial charge in [-0.1, -0.05) is 47.5 Å². The lowest BCUT2D eigenvalue weighted by atomic mass is 10.0. The molecule has 1 heterocycles. The predicted molar refractivity (Wildman–Crippen MR) is 133 cm³/mol.